The summed E-state index contributed by atoms with van der Waals surface area (Å²) in [5.74, 6) is -0.316. The molecule has 3 rings (SSSR count). The van der Waals surface area contributed by atoms with Crippen LogP contribution in [0.2, 0.25) is 0 Å². The van der Waals surface area contributed by atoms with Gasteiger partial charge in [-0.05, 0) is 36.2 Å². The van der Waals surface area contributed by atoms with E-state index in [0.717, 1.165) is 17.3 Å². The molecule has 112 valence electrons. The Morgan fingerprint density at radius 1 is 1.10 bits per heavy atom. The Bertz CT molecular complexity index is 522. The van der Waals surface area contributed by atoms with Crippen molar-refractivity contribution in [3.05, 3.63) is 40.8 Å². The first-order valence-corrected chi connectivity index (χ1v) is 8.02. The van der Waals surface area contributed by atoms with Crippen molar-refractivity contribution in [3.63, 3.8) is 0 Å². The molecule has 2 aliphatic rings. The van der Waals surface area contributed by atoms with E-state index in [1.165, 1.54) is 32.1 Å². The van der Waals surface area contributed by atoms with Crippen molar-refractivity contribution >= 4 is 29.0 Å². The van der Waals surface area contributed by atoms with Crippen LogP contribution in [0.25, 0.3) is 6.08 Å². The fraction of sp³-hybridized carbons (Fsp3) is 0.375. The monoisotopic (exact) mass is 304 g/mol. The van der Waals surface area contributed by atoms with Gasteiger partial charge in [-0.2, -0.15) is 0 Å². The normalized spacial score (nSPS) is 20.9. The Kier molecular flexibility index (Phi) is 6.02. The molecule has 0 radical (unpaired) electrons. The minimum absolute atomic E-state index is 0.308. The van der Waals surface area contributed by atoms with Crippen LogP contribution in [0.15, 0.2) is 35.2 Å². The molecule has 1 aliphatic carbocycles. The quantitative estimate of drug-likeness (QED) is 0.781. The largest absolute Gasteiger partial charge is 0.328 e. The summed E-state index contributed by atoms with van der Waals surface area (Å²) < 4.78 is 0. The maximum atomic E-state index is 11.2. The van der Waals surface area contributed by atoms with E-state index in [1.807, 2.05) is 30.3 Å². The minimum Gasteiger partial charge on any atom is -0.328 e. The summed E-state index contributed by atoms with van der Waals surface area (Å²) >= 11 is 0.930. The highest BCUT2D eigenvalue weighted by Crippen LogP contribution is 2.25. The molecule has 1 saturated heterocycles. The highest BCUT2D eigenvalue weighted by Gasteiger charge is 2.24. The zero-order valence-corrected chi connectivity index (χ0v) is 12.7. The molecule has 1 heterocycles. The topological polar surface area (TPSA) is 72.2 Å². The Labute approximate surface area is 129 Å². The van der Waals surface area contributed by atoms with Gasteiger partial charge in [0.15, 0.2) is 0 Å². The number of nitrogens with one attached hydrogen (secondary N) is 1. The predicted molar refractivity (Wildman–Crippen MR) is 86.6 cm³/mol. The third-order valence-electron chi connectivity index (χ3n) is 3.39. The van der Waals surface area contributed by atoms with E-state index in [4.69, 9.17) is 5.73 Å². The molecule has 21 heavy (non-hydrogen) atoms. The number of carbonyl (C=O) groups excluding carboxylic acids is 2. The second kappa shape index (κ2) is 8.00. The highest BCUT2D eigenvalue weighted by molar-refractivity contribution is 8.18. The van der Waals surface area contributed by atoms with Gasteiger partial charge in [0, 0.05) is 6.04 Å². The van der Waals surface area contributed by atoms with Crippen LogP contribution < -0.4 is 11.1 Å². The lowest BCUT2D eigenvalue weighted by Crippen LogP contribution is -2.22. The Morgan fingerprint density at radius 2 is 1.76 bits per heavy atom. The van der Waals surface area contributed by atoms with Crippen LogP contribution in [0, 0.1) is 0 Å². The second-order valence-corrected chi connectivity index (χ2v) is 6.18. The van der Waals surface area contributed by atoms with Gasteiger partial charge in [-0.3, -0.25) is 14.9 Å². The third kappa shape index (κ3) is 5.36. The van der Waals surface area contributed by atoms with Crippen LogP contribution in [-0.2, 0) is 4.79 Å². The molecule has 0 spiro atoms. The van der Waals surface area contributed by atoms with Crippen LogP contribution >= 0.6 is 11.8 Å². The van der Waals surface area contributed by atoms with Crippen LogP contribution in [0.1, 0.15) is 37.7 Å². The average Bonchev–Trinajstić information content (AvgIpc) is 2.79. The molecule has 1 saturated carbocycles. The zero-order valence-electron chi connectivity index (χ0n) is 11.9. The number of hydrogen-bond donors (Lipinski definition) is 2. The summed E-state index contributed by atoms with van der Waals surface area (Å²) in [4.78, 5) is 22.5. The number of imide groups is 1. The zero-order chi connectivity index (χ0) is 15.1. The summed E-state index contributed by atoms with van der Waals surface area (Å²) in [5, 5.41) is 1.90. The third-order valence-corrected chi connectivity index (χ3v) is 4.20. The van der Waals surface area contributed by atoms with Gasteiger partial charge in [0.1, 0.15) is 0 Å². The molecule has 3 N–H and O–H groups in total. The van der Waals surface area contributed by atoms with E-state index in [-0.39, 0.29) is 11.1 Å². The number of thioether (sulfide) groups is 1. The number of hydrogen-bond acceptors (Lipinski definition) is 4. The van der Waals surface area contributed by atoms with Gasteiger partial charge in [-0.1, -0.05) is 49.6 Å². The summed E-state index contributed by atoms with van der Waals surface area (Å²) in [6, 6.07) is 9.95. The lowest BCUT2D eigenvalue weighted by atomic mass is 9.97. The van der Waals surface area contributed by atoms with Crippen LogP contribution in [0.4, 0.5) is 4.79 Å². The Hall–Kier alpha value is -1.59. The fourth-order valence-corrected chi connectivity index (χ4v) is 2.94. The van der Waals surface area contributed by atoms with Gasteiger partial charge < -0.3 is 5.73 Å². The van der Waals surface area contributed by atoms with E-state index in [1.54, 1.807) is 6.08 Å². The number of rotatable bonds is 1. The van der Waals surface area contributed by atoms with E-state index in [9.17, 15) is 9.59 Å². The molecule has 4 nitrogen and oxygen atoms in total. The molecular weight excluding hydrogens is 284 g/mol. The van der Waals surface area contributed by atoms with Crippen LogP contribution in [-0.4, -0.2) is 17.2 Å². The first-order chi connectivity index (χ1) is 10.1. The van der Waals surface area contributed by atoms with Crippen molar-refractivity contribution in [3.8, 4) is 0 Å². The molecule has 2 amide bonds. The SMILES string of the molecule is NC1CCCCC1.O=C1NC(=O)/C(=C/c2ccccc2)S1. The van der Waals surface area contributed by atoms with Crippen molar-refractivity contribution < 1.29 is 9.59 Å². The lowest BCUT2D eigenvalue weighted by molar-refractivity contribution is -0.115. The summed E-state index contributed by atoms with van der Waals surface area (Å²) in [6.07, 6.45) is 8.36. The van der Waals surface area contributed by atoms with Crippen molar-refractivity contribution in [2.24, 2.45) is 5.73 Å². The van der Waals surface area contributed by atoms with Crippen LogP contribution in [0.5, 0.6) is 0 Å². The molecule has 1 aromatic rings. The van der Waals surface area contributed by atoms with Gasteiger partial charge in [0.2, 0.25) is 0 Å². The lowest BCUT2D eigenvalue weighted by Gasteiger charge is -2.15. The molecule has 5 heteroatoms. The molecule has 0 bridgehead atoms. The summed E-state index contributed by atoms with van der Waals surface area (Å²) in [5.41, 5.74) is 6.55. The van der Waals surface area contributed by atoms with Crippen molar-refractivity contribution in [1.82, 2.24) is 5.32 Å². The van der Waals surface area contributed by atoms with Gasteiger partial charge in [0.05, 0.1) is 4.91 Å². The number of amides is 2. The van der Waals surface area contributed by atoms with Crippen LogP contribution in [0.3, 0.4) is 0 Å². The number of nitrogens with two attached hydrogens (primary N) is 1. The highest BCUT2D eigenvalue weighted by atomic mass is 32.2. The minimum atomic E-state index is -0.316. The van der Waals surface area contributed by atoms with Crippen molar-refractivity contribution in [2.45, 2.75) is 38.1 Å². The first kappa shape index (κ1) is 15.8. The number of carbonyl (C=O) groups is 2. The molecule has 0 atom stereocenters. The Morgan fingerprint density at radius 3 is 2.24 bits per heavy atom. The smallest absolute Gasteiger partial charge is 0.290 e. The van der Waals surface area contributed by atoms with E-state index >= 15 is 0 Å². The molecular formula is C16H20N2O2S. The standard InChI is InChI=1S/C10H7NO2S.C6H13N/c12-9-8(14-10(13)11-9)6-7-4-2-1-3-5-7;7-6-4-2-1-3-5-6/h1-6H,(H,11,12,13);6H,1-5,7H2/b8-6-;. The first-order valence-electron chi connectivity index (χ1n) is 7.20. The molecule has 0 aromatic heterocycles. The van der Waals surface area contributed by atoms with Gasteiger partial charge in [0.25, 0.3) is 11.1 Å². The summed E-state index contributed by atoms with van der Waals surface area (Å²) in [7, 11) is 0. The van der Waals surface area contributed by atoms with Crippen molar-refractivity contribution in [2.75, 3.05) is 0 Å². The van der Waals surface area contributed by atoms with E-state index in [0.29, 0.717) is 10.9 Å². The fourth-order valence-electron chi connectivity index (χ4n) is 2.26. The van der Waals surface area contributed by atoms with Gasteiger partial charge >= 0.3 is 0 Å². The van der Waals surface area contributed by atoms with E-state index in [2.05, 4.69) is 5.32 Å². The average molecular weight is 304 g/mol. The Balaban J connectivity index is 0.000000194. The number of benzene rings is 1. The van der Waals surface area contributed by atoms with Crippen molar-refractivity contribution in [1.29, 1.82) is 0 Å². The molecule has 1 aromatic carbocycles. The van der Waals surface area contributed by atoms with Gasteiger partial charge in [-0.25, -0.2) is 0 Å². The second-order valence-electron chi connectivity index (χ2n) is 5.16. The maximum absolute atomic E-state index is 11.2. The molecule has 0 unspecified atom stereocenters. The molecule has 2 fully saturated rings. The van der Waals surface area contributed by atoms with Gasteiger partial charge in [-0.15, -0.1) is 0 Å². The molecule has 1 aliphatic heterocycles. The maximum Gasteiger partial charge on any atom is 0.290 e. The predicted octanol–water partition coefficient (Wildman–Crippen LogP) is 3.29. The summed E-state index contributed by atoms with van der Waals surface area (Å²) in [6.45, 7) is 0. The van der Waals surface area contributed by atoms with E-state index < -0.39 is 0 Å².